The number of hydrogen-bond donors (Lipinski definition) is 2. The zero-order valence-electron chi connectivity index (χ0n) is 14.1. The van der Waals surface area contributed by atoms with Crippen LogP contribution in [0.1, 0.15) is 63.5 Å². The SMILES string of the molecule is C[C@H](NC(=O)N1CCC2(CCCCCC2)C1)c1ccccc1O. The molecule has 2 fully saturated rings. The Labute approximate surface area is 138 Å². The van der Waals surface area contributed by atoms with Crippen molar-refractivity contribution in [3.05, 3.63) is 29.8 Å². The van der Waals surface area contributed by atoms with E-state index in [2.05, 4.69) is 5.32 Å². The Morgan fingerprint density at radius 1 is 1.17 bits per heavy atom. The molecule has 1 atom stereocenters. The molecule has 0 radical (unpaired) electrons. The molecular weight excluding hydrogens is 288 g/mol. The van der Waals surface area contributed by atoms with Crippen LogP contribution in [0.2, 0.25) is 0 Å². The van der Waals surface area contributed by atoms with Crippen molar-refractivity contribution in [2.24, 2.45) is 5.41 Å². The molecule has 1 aromatic rings. The Bertz CT molecular complexity index is 550. The molecule has 2 amide bonds. The molecular formula is C19H28N2O2. The van der Waals surface area contributed by atoms with Gasteiger partial charge in [0.05, 0.1) is 6.04 Å². The van der Waals surface area contributed by atoms with E-state index in [0.29, 0.717) is 5.41 Å². The van der Waals surface area contributed by atoms with Gasteiger partial charge in [0.1, 0.15) is 5.75 Å². The highest BCUT2D eigenvalue weighted by Gasteiger charge is 2.39. The fourth-order valence-electron chi connectivity index (χ4n) is 4.20. The summed E-state index contributed by atoms with van der Waals surface area (Å²) in [6.45, 7) is 3.68. The summed E-state index contributed by atoms with van der Waals surface area (Å²) in [5.74, 6) is 0.238. The minimum atomic E-state index is -0.186. The highest BCUT2D eigenvalue weighted by atomic mass is 16.3. The van der Waals surface area contributed by atoms with Gasteiger partial charge in [-0.3, -0.25) is 0 Å². The van der Waals surface area contributed by atoms with Crippen LogP contribution in [0.4, 0.5) is 4.79 Å². The normalized spacial score (nSPS) is 21.9. The number of phenolic OH excluding ortho intramolecular Hbond substituents is 1. The third-order valence-corrected chi connectivity index (χ3v) is 5.63. The van der Waals surface area contributed by atoms with E-state index < -0.39 is 0 Å². The van der Waals surface area contributed by atoms with Crippen LogP contribution >= 0.6 is 0 Å². The van der Waals surface area contributed by atoms with Crippen LogP contribution in [0.15, 0.2) is 24.3 Å². The van der Waals surface area contributed by atoms with E-state index in [-0.39, 0.29) is 17.8 Å². The highest BCUT2D eigenvalue weighted by molar-refractivity contribution is 5.75. The van der Waals surface area contributed by atoms with Gasteiger partial charge in [0.15, 0.2) is 0 Å². The standard InChI is InChI=1S/C19H28N2O2/c1-15(16-8-4-5-9-17(16)22)20-18(23)21-13-12-19(14-21)10-6-2-3-7-11-19/h4-5,8-9,15,22H,2-3,6-7,10-14H2,1H3,(H,20,23)/t15-/m0/s1. The summed E-state index contributed by atoms with van der Waals surface area (Å²) in [7, 11) is 0. The van der Waals surface area contributed by atoms with Crippen LogP contribution in [-0.4, -0.2) is 29.1 Å². The predicted molar refractivity (Wildman–Crippen MR) is 91.4 cm³/mol. The zero-order valence-corrected chi connectivity index (χ0v) is 14.1. The molecule has 2 N–H and O–H groups in total. The van der Waals surface area contributed by atoms with Gasteiger partial charge in [-0.2, -0.15) is 0 Å². The summed E-state index contributed by atoms with van der Waals surface area (Å²) in [4.78, 5) is 14.6. The number of likely N-dealkylation sites (tertiary alicyclic amines) is 1. The topological polar surface area (TPSA) is 52.6 Å². The van der Waals surface area contributed by atoms with Crippen LogP contribution < -0.4 is 5.32 Å². The molecule has 2 aliphatic rings. The first-order chi connectivity index (χ1) is 11.1. The second kappa shape index (κ2) is 6.81. The minimum Gasteiger partial charge on any atom is -0.508 e. The van der Waals surface area contributed by atoms with Gasteiger partial charge < -0.3 is 15.3 Å². The van der Waals surface area contributed by atoms with Crippen molar-refractivity contribution in [3.8, 4) is 5.75 Å². The molecule has 3 rings (SSSR count). The van der Waals surface area contributed by atoms with Gasteiger partial charge >= 0.3 is 6.03 Å². The number of amides is 2. The van der Waals surface area contributed by atoms with Crippen molar-refractivity contribution in [1.82, 2.24) is 10.2 Å². The molecule has 1 spiro atoms. The predicted octanol–water partition coefficient (Wildman–Crippen LogP) is 4.21. The average Bonchev–Trinajstić information content (AvgIpc) is 2.81. The van der Waals surface area contributed by atoms with Crippen molar-refractivity contribution < 1.29 is 9.90 Å². The number of nitrogens with one attached hydrogen (secondary N) is 1. The minimum absolute atomic E-state index is 0.00174. The van der Waals surface area contributed by atoms with E-state index in [4.69, 9.17) is 0 Å². The van der Waals surface area contributed by atoms with Crippen LogP contribution in [0.5, 0.6) is 5.75 Å². The summed E-state index contributed by atoms with van der Waals surface area (Å²) in [6.07, 6.45) is 8.99. The number of carbonyl (C=O) groups is 1. The van der Waals surface area contributed by atoms with E-state index in [0.717, 1.165) is 25.1 Å². The van der Waals surface area contributed by atoms with Crippen molar-refractivity contribution in [3.63, 3.8) is 0 Å². The van der Waals surface area contributed by atoms with Gasteiger partial charge in [0.25, 0.3) is 0 Å². The summed E-state index contributed by atoms with van der Waals surface area (Å²) in [5, 5.41) is 13.0. The van der Waals surface area contributed by atoms with Crippen molar-refractivity contribution >= 4 is 6.03 Å². The summed E-state index contributed by atoms with van der Waals surface area (Å²) < 4.78 is 0. The Balaban J connectivity index is 1.60. The molecule has 4 heteroatoms. The lowest BCUT2D eigenvalue weighted by Gasteiger charge is -2.28. The van der Waals surface area contributed by atoms with E-state index in [9.17, 15) is 9.90 Å². The van der Waals surface area contributed by atoms with Gasteiger partial charge in [-0.1, -0.05) is 43.9 Å². The molecule has 1 saturated carbocycles. The van der Waals surface area contributed by atoms with Gasteiger partial charge in [0.2, 0.25) is 0 Å². The first kappa shape index (κ1) is 16.2. The van der Waals surface area contributed by atoms with Gasteiger partial charge in [-0.05, 0) is 37.7 Å². The summed E-state index contributed by atoms with van der Waals surface area (Å²) in [5.41, 5.74) is 1.13. The quantitative estimate of drug-likeness (QED) is 0.859. The summed E-state index contributed by atoms with van der Waals surface area (Å²) >= 11 is 0. The lowest BCUT2D eigenvalue weighted by atomic mass is 9.80. The van der Waals surface area contributed by atoms with Crippen LogP contribution in [0.25, 0.3) is 0 Å². The van der Waals surface area contributed by atoms with Crippen LogP contribution in [0.3, 0.4) is 0 Å². The number of aromatic hydroxyl groups is 1. The molecule has 126 valence electrons. The molecule has 23 heavy (non-hydrogen) atoms. The molecule has 4 nitrogen and oxygen atoms in total. The maximum Gasteiger partial charge on any atom is 0.317 e. The number of phenols is 1. The number of para-hydroxylation sites is 1. The Morgan fingerprint density at radius 3 is 2.57 bits per heavy atom. The summed E-state index contributed by atoms with van der Waals surface area (Å²) in [6, 6.07) is 7.01. The number of benzene rings is 1. The smallest absolute Gasteiger partial charge is 0.317 e. The second-order valence-electron chi connectivity index (χ2n) is 7.32. The molecule has 0 bridgehead atoms. The zero-order chi connectivity index (χ0) is 16.3. The highest BCUT2D eigenvalue weighted by Crippen LogP contribution is 2.42. The Morgan fingerprint density at radius 2 is 1.87 bits per heavy atom. The molecule has 1 aromatic carbocycles. The van der Waals surface area contributed by atoms with E-state index in [1.54, 1.807) is 12.1 Å². The first-order valence-electron chi connectivity index (χ1n) is 8.93. The number of hydrogen-bond acceptors (Lipinski definition) is 2. The average molecular weight is 316 g/mol. The van der Waals surface area contributed by atoms with E-state index in [1.165, 1.54) is 38.5 Å². The number of rotatable bonds is 2. The Kier molecular flexibility index (Phi) is 4.79. The number of urea groups is 1. The second-order valence-corrected chi connectivity index (χ2v) is 7.32. The Hall–Kier alpha value is -1.71. The first-order valence-corrected chi connectivity index (χ1v) is 8.93. The largest absolute Gasteiger partial charge is 0.508 e. The lowest BCUT2D eigenvalue weighted by molar-refractivity contribution is 0.191. The third-order valence-electron chi connectivity index (χ3n) is 5.63. The van der Waals surface area contributed by atoms with Crippen LogP contribution in [0, 0.1) is 5.41 Å². The molecule has 1 heterocycles. The fraction of sp³-hybridized carbons (Fsp3) is 0.632. The third kappa shape index (κ3) is 3.62. The molecule has 0 unspecified atom stereocenters. The van der Waals surface area contributed by atoms with E-state index in [1.807, 2.05) is 24.0 Å². The molecule has 1 aliphatic heterocycles. The van der Waals surface area contributed by atoms with Crippen molar-refractivity contribution in [2.75, 3.05) is 13.1 Å². The lowest BCUT2D eigenvalue weighted by Crippen LogP contribution is -2.40. The number of nitrogens with zero attached hydrogens (tertiary/aromatic N) is 1. The maximum atomic E-state index is 12.6. The molecule has 1 aliphatic carbocycles. The molecule has 0 aromatic heterocycles. The number of carbonyl (C=O) groups excluding carboxylic acids is 1. The maximum absolute atomic E-state index is 12.6. The van der Waals surface area contributed by atoms with E-state index >= 15 is 0 Å². The molecule has 1 saturated heterocycles. The van der Waals surface area contributed by atoms with Gasteiger partial charge in [-0.15, -0.1) is 0 Å². The van der Waals surface area contributed by atoms with Crippen molar-refractivity contribution in [1.29, 1.82) is 0 Å². The fourth-order valence-corrected chi connectivity index (χ4v) is 4.20. The monoisotopic (exact) mass is 316 g/mol. The van der Waals surface area contributed by atoms with Crippen molar-refractivity contribution in [2.45, 2.75) is 57.9 Å². The van der Waals surface area contributed by atoms with Gasteiger partial charge in [-0.25, -0.2) is 4.79 Å². The van der Waals surface area contributed by atoms with Gasteiger partial charge in [0, 0.05) is 18.7 Å². The van der Waals surface area contributed by atoms with Crippen LogP contribution in [-0.2, 0) is 0 Å².